The number of hydrogen-bond donors (Lipinski definition) is 0. The zero-order valence-electron chi connectivity index (χ0n) is 13.7. The molecule has 2 unspecified atom stereocenters. The minimum absolute atomic E-state index is 0.308. The molecule has 0 radical (unpaired) electrons. The highest BCUT2D eigenvalue weighted by atomic mass is 79.9. The fraction of sp³-hybridized carbons (Fsp3) is 0.944. The van der Waals surface area contributed by atoms with Crippen molar-refractivity contribution in [2.75, 3.05) is 20.2 Å². The molecule has 5 aliphatic rings. The Morgan fingerprint density at radius 3 is 2.36 bits per heavy atom. The topological polar surface area (TPSA) is 29.5 Å². The van der Waals surface area contributed by atoms with Crippen molar-refractivity contribution in [3.05, 3.63) is 0 Å². The van der Waals surface area contributed by atoms with Gasteiger partial charge >= 0.3 is 0 Å². The van der Waals surface area contributed by atoms with E-state index in [0.29, 0.717) is 21.8 Å². The SMILES string of the molecule is COC1CCN(C(=O)CC23CC4CC(CC(Br)(C4)C2)C3)CC1. The van der Waals surface area contributed by atoms with E-state index in [1.54, 1.807) is 7.11 Å². The molecule has 4 saturated carbocycles. The molecule has 5 rings (SSSR count). The van der Waals surface area contributed by atoms with Gasteiger partial charge in [0.1, 0.15) is 0 Å². The van der Waals surface area contributed by atoms with Gasteiger partial charge in [0.15, 0.2) is 0 Å². The highest BCUT2D eigenvalue weighted by molar-refractivity contribution is 9.10. The zero-order valence-corrected chi connectivity index (χ0v) is 15.2. The molecule has 5 fully saturated rings. The van der Waals surface area contributed by atoms with Gasteiger partial charge in [-0.15, -0.1) is 0 Å². The first-order chi connectivity index (χ1) is 10.5. The lowest BCUT2D eigenvalue weighted by Gasteiger charge is -2.60. The molecule has 22 heavy (non-hydrogen) atoms. The highest BCUT2D eigenvalue weighted by Gasteiger charge is 2.57. The zero-order chi connectivity index (χ0) is 15.4. The molecule has 124 valence electrons. The van der Waals surface area contributed by atoms with Gasteiger partial charge in [0.25, 0.3) is 0 Å². The van der Waals surface area contributed by atoms with Gasteiger partial charge in [-0.2, -0.15) is 0 Å². The number of alkyl halides is 1. The number of ether oxygens (including phenoxy) is 1. The van der Waals surface area contributed by atoms with Crippen molar-refractivity contribution >= 4 is 21.8 Å². The maximum absolute atomic E-state index is 12.9. The van der Waals surface area contributed by atoms with Crippen LogP contribution in [0.25, 0.3) is 0 Å². The van der Waals surface area contributed by atoms with E-state index in [9.17, 15) is 4.79 Å². The quantitative estimate of drug-likeness (QED) is 0.709. The summed E-state index contributed by atoms with van der Waals surface area (Å²) < 4.78 is 5.78. The van der Waals surface area contributed by atoms with Crippen LogP contribution in [0.5, 0.6) is 0 Å². The second-order valence-corrected chi connectivity index (χ2v) is 10.3. The molecule has 1 amide bonds. The maximum Gasteiger partial charge on any atom is 0.223 e. The lowest BCUT2D eigenvalue weighted by Crippen LogP contribution is -2.54. The standard InChI is InChI=1S/C18H28BrNO2/c1-22-15-2-4-20(5-3-15)16(21)11-17-7-13-6-14(8-17)10-18(19,9-13)12-17/h13-15H,2-12H2,1H3. The van der Waals surface area contributed by atoms with Crippen molar-refractivity contribution in [1.29, 1.82) is 0 Å². The highest BCUT2D eigenvalue weighted by Crippen LogP contribution is 2.65. The minimum Gasteiger partial charge on any atom is -0.381 e. The third-order valence-electron chi connectivity index (χ3n) is 6.77. The second kappa shape index (κ2) is 5.47. The van der Waals surface area contributed by atoms with E-state index >= 15 is 0 Å². The van der Waals surface area contributed by atoms with Gasteiger partial charge < -0.3 is 9.64 Å². The summed E-state index contributed by atoms with van der Waals surface area (Å²) in [5.41, 5.74) is 0.308. The molecule has 1 heterocycles. The van der Waals surface area contributed by atoms with Gasteiger partial charge in [-0.05, 0) is 68.6 Å². The molecule has 0 spiro atoms. The van der Waals surface area contributed by atoms with Crippen LogP contribution in [0.1, 0.15) is 57.8 Å². The Morgan fingerprint density at radius 1 is 1.18 bits per heavy atom. The van der Waals surface area contributed by atoms with E-state index in [2.05, 4.69) is 20.8 Å². The maximum atomic E-state index is 12.9. The van der Waals surface area contributed by atoms with Crippen LogP contribution in [0.3, 0.4) is 0 Å². The van der Waals surface area contributed by atoms with Gasteiger partial charge in [0.05, 0.1) is 6.10 Å². The summed E-state index contributed by atoms with van der Waals surface area (Å²) in [6.45, 7) is 1.78. The predicted molar refractivity (Wildman–Crippen MR) is 90.0 cm³/mol. The number of methoxy groups -OCH3 is 1. The Balaban J connectivity index is 1.42. The third kappa shape index (κ3) is 2.75. The number of hydrogen-bond acceptors (Lipinski definition) is 2. The number of halogens is 1. The summed E-state index contributed by atoms with van der Waals surface area (Å²) in [5, 5.41) is 0. The molecule has 1 aliphatic heterocycles. The smallest absolute Gasteiger partial charge is 0.223 e. The van der Waals surface area contributed by atoms with Gasteiger partial charge in [-0.1, -0.05) is 15.9 Å². The van der Waals surface area contributed by atoms with Crippen molar-refractivity contribution in [2.45, 2.75) is 68.2 Å². The number of rotatable bonds is 3. The molecule has 0 aromatic carbocycles. The number of likely N-dealkylation sites (tertiary alicyclic amines) is 1. The van der Waals surface area contributed by atoms with Crippen molar-refractivity contribution in [2.24, 2.45) is 17.3 Å². The summed E-state index contributed by atoms with van der Waals surface area (Å²) >= 11 is 4.05. The second-order valence-electron chi connectivity index (χ2n) is 8.60. The van der Waals surface area contributed by atoms with E-state index in [0.717, 1.165) is 44.2 Å². The first-order valence-corrected chi connectivity index (χ1v) is 9.78. The van der Waals surface area contributed by atoms with E-state index in [1.807, 2.05) is 0 Å². The molecule has 2 atom stereocenters. The molecule has 4 heteroatoms. The summed E-state index contributed by atoms with van der Waals surface area (Å²) in [7, 11) is 1.78. The average molecular weight is 370 g/mol. The normalized spacial score (nSPS) is 44.5. The van der Waals surface area contributed by atoms with Gasteiger partial charge in [0.2, 0.25) is 5.91 Å². The molecule has 0 aromatic rings. The van der Waals surface area contributed by atoms with Crippen LogP contribution in [0.4, 0.5) is 0 Å². The lowest BCUT2D eigenvalue weighted by atomic mass is 9.48. The fourth-order valence-electron chi connectivity index (χ4n) is 6.32. The van der Waals surface area contributed by atoms with Gasteiger partial charge in [-0.25, -0.2) is 0 Å². The Morgan fingerprint density at radius 2 is 1.82 bits per heavy atom. The number of carbonyl (C=O) groups is 1. The van der Waals surface area contributed by atoms with Gasteiger partial charge in [-0.3, -0.25) is 4.79 Å². The van der Waals surface area contributed by atoms with Crippen molar-refractivity contribution in [3.63, 3.8) is 0 Å². The van der Waals surface area contributed by atoms with Crippen LogP contribution < -0.4 is 0 Å². The Bertz CT molecular complexity index is 444. The summed E-state index contributed by atoms with van der Waals surface area (Å²) in [5.74, 6) is 2.15. The fourth-order valence-corrected chi connectivity index (χ4v) is 7.83. The number of carbonyl (C=O) groups excluding carboxylic acids is 1. The Kier molecular flexibility index (Phi) is 3.84. The first kappa shape index (κ1) is 15.4. The van der Waals surface area contributed by atoms with Crippen molar-refractivity contribution < 1.29 is 9.53 Å². The molecule has 0 N–H and O–H groups in total. The number of nitrogens with zero attached hydrogens (tertiary/aromatic N) is 1. The molecular formula is C18H28BrNO2. The van der Waals surface area contributed by atoms with Gasteiger partial charge in [0, 0.05) is 30.9 Å². The van der Waals surface area contributed by atoms with E-state index in [1.165, 1.54) is 38.5 Å². The predicted octanol–water partition coefficient (Wildman–Crippen LogP) is 3.75. The van der Waals surface area contributed by atoms with E-state index < -0.39 is 0 Å². The summed E-state index contributed by atoms with van der Waals surface area (Å²) in [6, 6.07) is 0. The van der Waals surface area contributed by atoms with Crippen LogP contribution in [0.2, 0.25) is 0 Å². The van der Waals surface area contributed by atoms with Crippen LogP contribution in [-0.2, 0) is 9.53 Å². The first-order valence-electron chi connectivity index (χ1n) is 8.99. The van der Waals surface area contributed by atoms with Crippen LogP contribution in [-0.4, -0.2) is 41.4 Å². The minimum atomic E-state index is 0.308. The molecule has 4 bridgehead atoms. The summed E-state index contributed by atoms with van der Waals surface area (Å²) in [6.07, 6.45) is 11.1. The van der Waals surface area contributed by atoms with E-state index in [-0.39, 0.29) is 0 Å². The average Bonchev–Trinajstić information content (AvgIpc) is 2.44. The third-order valence-corrected chi connectivity index (χ3v) is 7.69. The molecule has 0 aromatic heterocycles. The number of piperidine rings is 1. The Labute approximate surface area is 142 Å². The molecule has 4 aliphatic carbocycles. The summed E-state index contributed by atoms with van der Waals surface area (Å²) in [4.78, 5) is 15.0. The van der Waals surface area contributed by atoms with Crippen LogP contribution in [0, 0.1) is 17.3 Å². The molecular weight excluding hydrogens is 342 g/mol. The molecule has 1 saturated heterocycles. The van der Waals surface area contributed by atoms with Crippen molar-refractivity contribution in [1.82, 2.24) is 4.90 Å². The van der Waals surface area contributed by atoms with Crippen LogP contribution in [0.15, 0.2) is 0 Å². The van der Waals surface area contributed by atoms with E-state index in [4.69, 9.17) is 4.74 Å². The monoisotopic (exact) mass is 369 g/mol. The Hall–Kier alpha value is -0.0900. The number of amides is 1. The molecule has 3 nitrogen and oxygen atoms in total. The van der Waals surface area contributed by atoms with Crippen LogP contribution >= 0.6 is 15.9 Å². The van der Waals surface area contributed by atoms with Crippen molar-refractivity contribution in [3.8, 4) is 0 Å². The largest absolute Gasteiger partial charge is 0.381 e. The lowest BCUT2D eigenvalue weighted by molar-refractivity contribution is -0.140.